The Balaban J connectivity index is 1.35. The van der Waals surface area contributed by atoms with E-state index in [2.05, 4.69) is 45.7 Å². The van der Waals surface area contributed by atoms with Gasteiger partial charge in [0.1, 0.15) is 0 Å². The van der Waals surface area contributed by atoms with Gasteiger partial charge in [0, 0.05) is 42.2 Å². The first-order valence-corrected chi connectivity index (χ1v) is 10.1. The first-order valence-electron chi connectivity index (χ1n) is 9.76. The van der Waals surface area contributed by atoms with Crippen LogP contribution in [0.1, 0.15) is 37.7 Å². The van der Waals surface area contributed by atoms with Crippen LogP contribution < -0.4 is 5.32 Å². The SMILES string of the molecule is O=C(Nc1ccc(Cl)cc1)ON=C1C[C@H]2CCC[C@@H](C1)N2Cc1ccccc1. The molecule has 6 heteroatoms. The fourth-order valence-corrected chi connectivity index (χ4v) is 4.32. The van der Waals surface area contributed by atoms with Gasteiger partial charge in [-0.05, 0) is 42.7 Å². The number of hydrogen-bond acceptors (Lipinski definition) is 4. The van der Waals surface area contributed by atoms with Crippen molar-refractivity contribution in [2.75, 3.05) is 5.32 Å². The van der Waals surface area contributed by atoms with E-state index in [1.54, 1.807) is 24.3 Å². The predicted molar refractivity (Wildman–Crippen MR) is 112 cm³/mol. The molecule has 2 bridgehead atoms. The minimum atomic E-state index is -0.577. The van der Waals surface area contributed by atoms with Crippen LogP contribution in [-0.2, 0) is 11.4 Å². The first-order chi connectivity index (χ1) is 13.7. The molecule has 1 N–H and O–H groups in total. The Bertz CT molecular complexity index is 823. The van der Waals surface area contributed by atoms with E-state index in [-0.39, 0.29) is 0 Å². The minimum absolute atomic E-state index is 0.467. The van der Waals surface area contributed by atoms with Crippen LogP contribution in [0.15, 0.2) is 59.8 Å². The number of rotatable bonds is 4. The molecule has 0 aliphatic carbocycles. The van der Waals surface area contributed by atoms with Crippen molar-refractivity contribution in [1.82, 2.24) is 4.90 Å². The highest BCUT2D eigenvalue weighted by atomic mass is 35.5. The van der Waals surface area contributed by atoms with Gasteiger partial charge in [-0.3, -0.25) is 15.1 Å². The van der Waals surface area contributed by atoms with Crippen LogP contribution in [0, 0.1) is 0 Å². The summed E-state index contributed by atoms with van der Waals surface area (Å²) in [4.78, 5) is 19.7. The van der Waals surface area contributed by atoms with Crippen LogP contribution in [0.5, 0.6) is 0 Å². The molecule has 0 saturated carbocycles. The van der Waals surface area contributed by atoms with Gasteiger partial charge >= 0.3 is 6.09 Å². The molecular weight excluding hydrogens is 374 g/mol. The van der Waals surface area contributed by atoms with Gasteiger partial charge in [0.2, 0.25) is 0 Å². The summed E-state index contributed by atoms with van der Waals surface area (Å²) in [6.45, 7) is 0.974. The van der Waals surface area contributed by atoms with Crippen LogP contribution in [-0.4, -0.2) is 28.8 Å². The van der Waals surface area contributed by atoms with E-state index in [1.165, 1.54) is 24.8 Å². The lowest BCUT2D eigenvalue weighted by Crippen LogP contribution is -2.51. The van der Waals surface area contributed by atoms with Crippen LogP contribution >= 0.6 is 11.6 Å². The monoisotopic (exact) mass is 397 g/mol. The fraction of sp³-hybridized carbons (Fsp3) is 0.364. The summed E-state index contributed by atoms with van der Waals surface area (Å²) in [5.41, 5.74) is 2.95. The van der Waals surface area contributed by atoms with Crippen LogP contribution in [0.4, 0.5) is 10.5 Å². The van der Waals surface area contributed by atoms with Crippen LogP contribution in [0.25, 0.3) is 0 Å². The van der Waals surface area contributed by atoms with Crippen molar-refractivity contribution in [2.24, 2.45) is 5.16 Å². The number of halogens is 1. The number of anilines is 1. The number of fused-ring (bicyclic) bond motifs is 2. The normalized spacial score (nSPS) is 23.4. The molecule has 28 heavy (non-hydrogen) atoms. The van der Waals surface area contributed by atoms with Crippen molar-refractivity contribution in [3.8, 4) is 0 Å². The Morgan fingerprint density at radius 1 is 1.07 bits per heavy atom. The number of nitrogens with one attached hydrogen (secondary N) is 1. The third kappa shape index (κ3) is 4.72. The number of oxime groups is 1. The lowest BCUT2D eigenvalue weighted by atomic mass is 9.83. The van der Waals surface area contributed by atoms with Gasteiger partial charge in [-0.2, -0.15) is 0 Å². The second-order valence-electron chi connectivity index (χ2n) is 7.47. The van der Waals surface area contributed by atoms with Gasteiger partial charge in [-0.1, -0.05) is 53.5 Å². The smallest absolute Gasteiger partial charge is 0.298 e. The second-order valence-corrected chi connectivity index (χ2v) is 7.91. The van der Waals surface area contributed by atoms with Gasteiger partial charge < -0.3 is 0 Å². The highest BCUT2D eigenvalue weighted by molar-refractivity contribution is 6.30. The van der Waals surface area contributed by atoms with E-state index in [1.807, 2.05) is 0 Å². The highest BCUT2D eigenvalue weighted by Gasteiger charge is 2.36. The highest BCUT2D eigenvalue weighted by Crippen LogP contribution is 2.34. The number of hydrogen-bond donors (Lipinski definition) is 1. The summed E-state index contributed by atoms with van der Waals surface area (Å²) in [7, 11) is 0. The van der Waals surface area contributed by atoms with E-state index in [4.69, 9.17) is 16.4 Å². The quantitative estimate of drug-likeness (QED) is 0.550. The fourth-order valence-electron chi connectivity index (χ4n) is 4.19. The molecule has 4 rings (SSSR count). The molecule has 0 unspecified atom stereocenters. The van der Waals surface area contributed by atoms with Gasteiger partial charge in [0.15, 0.2) is 0 Å². The van der Waals surface area contributed by atoms with Crippen molar-refractivity contribution >= 4 is 29.1 Å². The third-order valence-corrected chi connectivity index (χ3v) is 5.76. The Labute approximate surface area is 170 Å². The maximum atomic E-state index is 12.0. The molecule has 0 aromatic heterocycles. The maximum absolute atomic E-state index is 12.0. The molecule has 2 heterocycles. The largest absolute Gasteiger partial charge is 0.437 e. The first kappa shape index (κ1) is 19.0. The Kier molecular flexibility index (Phi) is 5.93. The predicted octanol–water partition coefficient (Wildman–Crippen LogP) is 5.46. The molecule has 2 aliphatic rings. The molecule has 0 spiro atoms. The zero-order valence-electron chi connectivity index (χ0n) is 15.7. The van der Waals surface area contributed by atoms with Crippen molar-refractivity contribution in [1.29, 1.82) is 0 Å². The summed E-state index contributed by atoms with van der Waals surface area (Å²) in [5.74, 6) is 0. The third-order valence-electron chi connectivity index (χ3n) is 5.51. The van der Waals surface area contributed by atoms with Crippen molar-refractivity contribution in [3.05, 3.63) is 65.2 Å². The standard InChI is InChI=1S/C22H24ClN3O2/c23-17-9-11-18(12-10-17)24-22(27)28-25-19-13-20-7-4-8-21(14-19)26(20)15-16-5-2-1-3-6-16/h1-3,5-6,9-12,20-21H,4,7-8,13-15H2,(H,24,27)/t20-,21+. The van der Waals surface area contributed by atoms with Gasteiger partial charge in [-0.25, -0.2) is 4.79 Å². The molecule has 2 atom stereocenters. The molecule has 2 fully saturated rings. The lowest BCUT2D eigenvalue weighted by molar-refractivity contribution is 0.0662. The van der Waals surface area contributed by atoms with Gasteiger partial charge in [0.05, 0.1) is 5.71 Å². The second kappa shape index (κ2) is 8.76. The van der Waals surface area contributed by atoms with Crippen molar-refractivity contribution in [2.45, 2.75) is 50.7 Å². The van der Waals surface area contributed by atoms with E-state index in [9.17, 15) is 4.79 Å². The molecule has 1 amide bonds. The average Bonchev–Trinajstić information content (AvgIpc) is 2.69. The van der Waals surface area contributed by atoms with E-state index >= 15 is 0 Å². The van der Waals surface area contributed by atoms with Gasteiger partial charge in [-0.15, -0.1) is 0 Å². The molecule has 2 aromatic rings. The molecule has 146 valence electrons. The summed E-state index contributed by atoms with van der Waals surface area (Å²) in [6.07, 6.45) is 4.73. The molecular formula is C22H24ClN3O2. The number of piperidine rings is 2. The van der Waals surface area contributed by atoms with Gasteiger partial charge in [0.25, 0.3) is 0 Å². The van der Waals surface area contributed by atoms with Crippen molar-refractivity contribution in [3.63, 3.8) is 0 Å². The molecule has 2 aromatic carbocycles. The van der Waals surface area contributed by atoms with E-state index < -0.39 is 6.09 Å². The Morgan fingerprint density at radius 2 is 1.75 bits per heavy atom. The van der Waals surface area contributed by atoms with E-state index in [0.717, 1.165) is 25.1 Å². The molecule has 2 aliphatic heterocycles. The summed E-state index contributed by atoms with van der Waals surface area (Å²) in [6, 6.07) is 18.4. The number of amides is 1. The zero-order chi connectivity index (χ0) is 19.3. The Hall–Kier alpha value is -2.37. The number of carbonyl (C=O) groups is 1. The topological polar surface area (TPSA) is 53.9 Å². The molecule has 5 nitrogen and oxygen atoms in total. The van der Waals surface area contributed by atoms with Crippen LogP contribution in [0.2, 0.25) is 5.02 Å². The van der Waals surface area contributed by atoms with Crippen molar-refractivity contribution < 1.29 is 9.63 Å². The maximum Gasteiger partial charge on any atom is 0.437 e. The zero-order valence-corrected chi connectivity index (χ0v) is 16.4. The number of benzene rings is 2. The lowest BCUT2D eigenvalue weighted by Gasteiger charge is -2.46. The average molecular weight is 398 g/mol. The number of carbonyl (C=O) groups excluding carboxylic acids is 1. The Morgan fingerprint density at radius 3 is 2.43 bits per heavy atom. The number of nitrogens with zero attached hydrogens (tertiary/aromatic N) is 2. The summed E-state index contributed by atoms with van der Waals surface area (Å²) in [5, 5.41) is 7.45. The summed E-state index contributed by atoms with van der Waals surface area (Å²) >= 11 is 5.85. The molecule has 0 radical (unpaired) electrons. The minimum Gasteiger partial charge on any atom is -0.298 e. The van der Waals surface area contributed by atoms with E-state index in [0.29, 0.717) is 22.8 Å². The summed E-state index contributed by atoms with van der Waals surface area (Å²) < 4.78 is 0. The van der Waals surface area contributed by atoms with Crippen LogP contribution in [0.3, 0.4) is 0 Å². The molecule has 2 saturated heterocycles.